The third-order valence-corrected chi connectivity index (χ3v) is 4.63. The van der Waals surface area contributed by atoms with Crippen LogP contribution in [0.25, 0.3) is 0 Å². The fraction of sp³-hybridized carbons (Fsp3) is 0.364. The van der Waals surface area contributed by atoms with Crippen molar-refractivity contribution in [1.29, 1.82) is 0 Å². The molecule has 162 valence electrons. The number of rotatable bonds is 12. The topological polar surface area (TPSA) is 137 Å². The summed E-state index contributed by atoms with van der Waals surface area (Å²) in [7, 11) is 0. The second-order valence-electron chi connectivity index (χ2n) is 6.96. The number of carbonyl (C=O) groups is 2. The highest BCUT2D eigenvalue weighted by atomic mass is 16.5. The molecule has 0 spiro atoms. The molecule has 3 amide bonds. The van der Waals surface area contributed by atoms with Gasteiger partial charge in [0.1, 0.15) is 5.75 Å². The highest BCUT2D eigenvalue weighted by Crippen LogP contribution is 2.12. The molecule has 7 N–H and O–H groups in total. The first-order valence-corrected chi connectivity index (χ1v) is 10.1. The van der Waals surface area contributed by atoms with Gasteiger partial charge in [-0.15, -0.1) is 0 Å². The first kappa shape index (κ1) is 23.0. The van der Waals surface area contributed by atoms with Gasteiger partial charge in [0.15, 0.2) is 0 Å². The minimum Gasteiger partial charge on any atom is -0.494 e. The number of unbranched alkanes of at least 4 members (excludes halogenated alkanes) is 1. The Morgan fingerprint density at radius 2 is 1.60 bits per heavy atom. The summed E-state index contributed by atoms with van der Waals surface area (Å²) in [5, 5.41) is 2.83. The van der Waals surface area contributed by atoms with E-state index in [1.54, 1.807) is 29.2 Å². The van der Waals surface area contributed by atoms with Crippen LogP contribution in [0.5, 0.6) is 5.75 Å². The Labute approximate surface area is 177 Å². The second-order valence-corrected chi connectivity index (χ2v) is 6.96. The maximum Gasteiger partial charge on any atom is 0.314 e. The Morgan fingerprint density at radius 1 is 0.933 bits per heavy atom. The van der Waals surface area contributed by atoms with E-state index in [4.69, 9.17) is 21.9 Å². The van der Waals surface area contributed by atoms with Crippen molar-refractivity contribution < 1.29 is 14.3 Å². The van der Waals surface area contributed by atoms with Gasteiger partial charge in [0.2, 0.25) is 0 Å². The second kappa shape index (κ2) is 12.3. The molecule has 0 radical (unpaired) electrons. The molecule has 2 rings (SSSR count). The molecule has 0 saturated carbocycles. The van der Waals surface area contributed by atoms with Crippen LogP contribution in [0.2, 0.25) is 0 Å². The van der Waals surface area contributed by atoms with Crippen LogP contribution < -0.4 is 27.3 Å². The van der Waals surface area contributed by atoms with Gasteiger partial charge in [0, 0.05) is 37.4 Å². The molecule has 8 nitrogen and oxygen atoms in total. The van der Waals surface area contributed by atoms with E-state index in [0.29, 0.717) is 50.5 Å². The number of nitrogen functional groups attached to an aromatic ring is 1. The average Bonchev–Trinajstić information content (AvgIpc) is 2.75. The molecule has 30 heavy (non-hydrogen) atoms. The molecule has 0 heterocycles. The maximum absolute atomic E-state index is 12.1. The standard InChI is InChI=1S/C22H31N5O3/c23-16-17-4-10-20(11-5-17)30-15-2-1-13-27(22(25)29)14-3-12-26-21(28)18-6-8-19(24)9-7-18/h4-11H,1-3,12-16,23-24H2,(H2,25,29)(H,26,28). The first-order chi connectivity index (χ1) is 14.5. The van der Waals surface area contributed by atoms with Crippen molar-refractivity contribution in [3.8, 4) is 5.75 Å². The van der Waals surface area contributed by atoms with Crippen LogP contribution in [-0.4, -0.2) is 43.1 Å². The van der Waals surface area contributed by atoms with Gasteiger partial charge in [-0.25, -0.2) is 4.79 Å². The Bertz CT molecular complexity index is 793. The van der Waals surface area contributed by atoms with Crippen molar-refractivity contribution in [2.45, 2.75) is 25.8 Å². The number of primary amides is 1. The number of nitrogens with one attached hydrogen (secondary N) is 1. The number of hydrogen-bond donors (Lipinski definition) is 4. The van der Waals surface area contributed by atoms with Crippen molar-refractivity contribution >= 4 is 17.6 Å². The molecule has 2 aromatic carbocycles. The number of benzene rings is 2. The van der Waals surface area contributed by atoms with Gasteiger partial charge < -0.3 is 32.2 Å². The van der Waals surface area contributed by atoms with Crippen molar-refractivity contribution in [2.24, 2.45) is 11.5 Å². The van der Waals surface area contributed by atoms with Gasteiger partial charge in [-0.2, -0.15) is 0 Å². The predicted octanol–water partition coefficient (Wildman–Crippen LogP) is 2.09. The van der Waals surface area contributed by atoms with Crippen LogP contribution in [0.4, 0.5) is 10.5 Å². The van der Waals surface area contributed by atoms with Gasteiger partial charge in [0.05, 0.1) is 6.61 Å². The van der Waals surface area contributed by atoms with Gasteiger partial charge in [-0.1, -0.05) is 12.1 Å². The summed E-state index contributed by atoms with van der Waals surface area (Å²) in [6, 6.07) is 13.9. The maximum atomic E-state index is 12.1. The summed E-state index contributed by atoms with van der Waals surface area (Å²) < 4.78 is 5.69. The molecule has 0 unspecified atom stereocenters. The lowest BCUT2D eigenvalue weighted by atomic mass is 10.2. The van der Waals surface area contributed by atoms with E-state index >= 15 is 0 Å². The molecule has 0 aromatic heterocycles. The normalized spacial score (nSPS) is 10.4. The predicted molar refractivity (Wildman–Crippen MR) is 118 cm³/mol. The van der Waals surface area contributed by atoms with E-state index in [1.807, 2.05) is 24.3 Å². The Hall–Kier alpha value is -3.26. The van der Waals surface area contributed by atoms with Gasteiger partial charge in [0.25, 0.3) is 5.91 Å². The van der Waals surface area contributed by atoms with Crippen molar-refractivity contribution in [3.63, 3.8) is 0 Å². The van der Waals surface area contributed by atoms with Crippen LogP contribution in [0.1, 0.15) is 35.2 Å². The zero-order valence-corrected chi connectivity index (χ0v) is 17.2. The number of hydrogen-bond acceptors (Lipinski definition) is 5. The zero-order valence-electron chi connectivity index (χ0n) is 17.2. The SMILES string of the molecule is NCc1ccc(OCCCCN(CCCNC(=O)c2ccc(N)cc2)C(N)=O)cc1. The molecule has 0 atom stereocenters. The van der Waals surface area contributed by atoms with Crippen molar-refractivity contribution in [2.75, 3.05) is 32.0 Å². The lowest BCUT2D eigenvalue weighted by molar-refractivity contribution is 0.0952. The molecule has 0 saturated heterocycles. The lowest BCUT2D eigenvalue weighted by Gasteiger charge is -2.20. The summed E-state index contributed by atoms with van der Waals surface area (Å²) in [5.74, 6) is 0.632. The van der Waals surface area contributed by atoms with Gasteiger partial charge >= 0.3 is 6.03 Å². The largest absolute Gasteiger partial charge is 0.494 e. The van der Waals surface area contributed by atoms with E-state index in [0.717, 1.165) is 24.2 Å². The molecular weight excluding hydrogens is 382 g/mol. The third kappa shape index (κ3) is 8.00. The quantitative estimate of drug-likeness (QED) is 0.312. The summed E-state index contributed by atoms with van der Waals surface area (Å²) in [6.45, 7) is 2.56. The van der Waals surface area contributed by atoms with Crippen LogP contribution in [-0.2, 0) is 6.54 Å². The molecule has 0 bridgehead atoms. The summed E-state index contributed by atoms with van der Waals surface area (Å²) >= 11 is 0. The molecular formula is C22H31N5O3. The summed E-state index contributed by atoms with van der Waals surface area (Å²) in [5.41, 5.74) is 18.9. The van der Waals surface area contributed by atoms with Crippen molar-refractivity contribution in [1.82, 2.24) is 10.2 Å². The number of amides is 3. The van der Waals surface area contributed by atoms with E-state index in [1.165, 1.54) is 0 Å². The molecule has 0 aliphatic rings. The summed E-state index contributed by atoms with van der Waals surface area (Å²) in [4.78, 5) is 25.3. The fourth-order valence-corrected chi connectivity index (χ4v) is 2.86. The van der Waals surface area contributed by atoms with Gasteiger partial charge in [-0.3, -0.25) is 4.79 Å². The molecule has 0 aliphatic carbocycles. The zero-order chi connectivity index (χ0) is 21.8. The van der Waals surface area contributed by atoms with E-state index in [-0.39, 0.29) is 5.91 Å². The number of ether oxygens (including phenoxy) is 1. The highest BCUT2D eigenvalue weighted by molar-refractivity contribution is 5.94. The highest BCUT2D eigenvalue weighted by Gasteiger charge is 2.10. The Kier molecular flexibility index (Phi) is 9.47. The lowest BCUT2D eigenvalue weighted by Crippen LogP contribution is -2.38. The van der Waals surface area contributed by atoms with Crippen LogP contribution in [0.15, 0.2) is 48.5 Å². The molecule has 8 heteroatoms. The molecule has 0 fully saturated rings. The smallest absolute Gasteiger partial charge is 0.314 e. The van der Waals surface area contributed by atoms with E-state index < -0.39 is 6.03 Å². The molecule has 0 aliphatic heterocycles. The number of urea groups is 1. The third-order valence-electron chi connectivity index (χ3n) is 4.63. The number of anilines is 1. The summed E-state index contributed by atoms with van der Waals surface area (Å²) in [6.07, 6.45) is 2.20. The minimum atomic E-state index is -0.460. The number of nitrogens with zero attached hydrogens (tertiary/aromatic N) is 1. The monoisotopic (exact) mass is 413 g/mol. The number of nitrogens with two attached hydrogens (primary N) is 3. The van der Waals surface area contributed by atoms with Crippen LogP contribution in [0.3, 0.4) is 0 Å². The van der Waals surface area contributed by atoms with E-state index in [9.17, 15) is 9.59 Å². The van der Waals surface area contributed by atoms with Crippen molar-refractivity contribution in [3.05, 3.63) is 59.7 Å². The molecule has 2 aromatic rings. The fourth-order valence-electron chi connectivity index (χ4n) is 2.86. The number of carbonyl (C=O) groups excluding carboxylic acids is 2. The Morgan fingerprint density at radius 3 is 2.23 bits per heavy atom. The van der Waals surface area contributed by atoms with E-state index in [2.05, 4.69) is 5.32 Å². The minimum absolute atomic E-state index is 0.169. The van der Waals surface area contributed by atoms with Crippen LogP contribution >= 0.6 is 0 Å². The average molecular weight is 414 g/mol. The van der Waals surface area contributed by atoms with Crippen LogP contribution in [0, 0.1) is 0 Å². The van der Waals surface area contributed by atoms with Gasteiger partial charge in [-0.05, 0) is 61.2 Å². The first-order valence-electron chi connectivity index (χ1n) is 10.1. The Balaban J connectivity index is 1.61.